The topological polar surface area (TPSA) is 135 Å². The molecule has 1 atom stereocenters. The molecule has 0 spiro atoms. The second kappa shape index (κ2) is 11.5. The Hall–Kier alpha value is -4.13. The number of urea groups is 1. The normalized spacial score (nSPS) is 22.4. The van der Waals surface area contributed by atoms with Gasteiger partial charge in [0, 0.05) is 49.0 Å². The average Bonchev–Trinajstić information content (AvgIpc) is 3.74. The van der Waals surface area contributed by atoms with Gasteiger partial charge in [-0.1, -0.05) is 18.9 Å². The van der Waals surface area contributed by atoms with Crippen LogP contribution < -0.4 is 20.9 Å². The Bertz CT molecular complexity index is 1380. The Morgan fingerprint density at radius 1 is 0.975 bits per heavy atom. The first-order chi connectivity index (χ1) is 19.5. The summed E-state index contributed by atoms with van der Waals surface area (Å²) in [7, 11) is 2.05. The number of H-pyrrole nitrogens is 1. The standard InChI is InChI=1S/C30H37N9O/c1-39(29-32-13-12-27(36-29)35-28-17-26(37-38-28)20-4-2-3-5-20)25-10-8-23(9-11-25)33-30(40)34-24-15-21-7-6-19(18-31)14-22(21)16-24/h6-7,12-14,17,20,23-25H,2-5,8-11,15-16H2,1H3,(H2,33,34,40)(H2,32,35,36,37,38). The van der Waals surface area contributed by atoms with Crippen LogP contribution in [0.15, 0.2) is 36.5 Å². The molecule has 3 aliphatic rings. The van der Waals surface area contributed by atoms with Gasteiger partial charge in [0.15, 0.2) is 5.82 Å². The number of benzene rings is 1. The molecule has 0 bridgehead atoms. The van der Waals surface area contributed by atoms with Gasteiger partial charge in [-0.3, -0.25) is 5.10 Å². The number of hydrogen-bond acceptors (Lipinski definition) is 7. The second-order valence-corrected chi connectivity index (χ2v) is 11.5. The maximum Gasteiger partial charge on any atom is 0.315 e. The zero-order valence-corrected chi connectivity index (χ0v) is 23.0. The predicted octanol–water partition coefficient (Wildman–Crippen LogP) is 4.69. The van der Waals surface area contributed by atoms with Crippen molar-refractivity contribution in [3.8, 4) is 6.07 Å². The molecule has 2 heterocycles. The number of aromatic amines is 1. The molecule has 3 aromatic rings. The quantitative estimate of drug-likeness (QED) is 0.342. The number of carbonyl (C=O) groups is 1. The van der Waals surface area contributed by atoms with Gasteiger partial charge in [-0.2, -0.15) is 15.3 Å². The van der Waals surface area contributed by atoms with E-state index in [4.69, 9.17) is 10.2 Å². The van der Waals surface area contributed by atoms with E-state index in [1.165, 1.54) is 36.9 Å². The number of rotatable bonds is 7. The van der Waals surface area contributed by atoms with E-state index in [1.807, 2.05) is 31.3 Å². The van der Waals surface area contributed by atoms with Crippen LogP contribution in [0.4, 0.5) is 22.4 Å². The van der Waals surface area contributed by atoms with Crippen molar-refractivity contribution in [3.63, 3.8) is 0 Å². The Morgan fingerprint density at radius 3 is 2.55 bits per heavy atom. The van der Waals surface area contributed by atoms with Gasteiger partial charge in [0.25, 0.3) is 0 Å². The summed E-state index contributed by atoms with van der Waals surface area (Å²) in [5.41, 5.74) is 4.25. The number of amides is 2. The fourth-order valence-electron chi connectivity index (χ4n) is 6.54. The van der Waals surface area contributed by atoms with Gasteiger partial charge in [0.2, 0.25) is 5.95 Å². The number of fused-ring (bicyclic) bond motifs is 1. The molecule has 2 saturated carbocycles. The summed E-state index contributed by atoms with van der Waals surface area (Å²) < 4.78 is 0. The zero-order chi connectivity index (χ0) is 27.5. The van der Waals surface area contributed by atoms with Gasteiger partial charge >= 0.3 is 6.03 Å². The third-order valence-corrected chi connectivity index (χ3v) is 8.79. The number of anilines is 3. The summed E-state index contributed by atoms with van der Waals surface area (Å²) in [6.45, 7) is 0. The van der Waals surface area contributed by atoms with Crippen molar-refractivity contribution in [2.24, 2.45) is 0 Å². The smallest absolute Gasteiger partial charge is 0.315 e. The van der Waals surface area contributed by atoms with E-state index < -0.39 is 0 Å². The van der Waals surface area contributed by atoms with Crippen LogP contribution in [-0.4, -0.2) is 51.4 Å². The summed E-state index contributed by atoms with van der Waals surface area (Å²) >= 11 is 0. The van der Waals surface area contributed by atoms with Crippen LogP contribution in [0.25, 0.3) is 0 Å². The molecule has 1 aromatic carbocycles. The minimum Gasteiger partial charge on any atom is -0.341 e. The molecule has 10 heteroatoms. The number of carbonyl (C=O) groups excluding carboxylic acids is 1. The number of nitrogens with one attached hydrogen (secondary N) is 4. The van der Waals surface area contributed by atoms with Gasteiger partial charge in [0.1, 0.15) is 5.82 Å². The molecule has 10 nitrogen and oxygen atoms in total. The average molecular weight is 540 g/mol. The van der Waals surface area contributed by atoms with Crippen LogP contribution in [0.3, 0.4) is 0 Å². The maximum absolute atomic E-state index is 12.7. The molecule has 6 rings (SSSR count). The molecule has 1 unspecified atom stereocenters. The van der Waals surface area contributed by atoms with Crippen molar-refractivity contribution in [1.29, 1.82) is 5.26 Å². The lowest BCUT2D eigenvalue weighted by atomic mass is 9.90. The first-order valence-electron chi connectivity index (χ1n) is 14.5. The number of nitrogens with zero attached hydrogens (tertiary/aromatic N) is 5. The lowest BCUT2D eigenvalue weighted by Crippen LogP contribution is -2.49. The summed E-state index contributed by atoms with van der Waals surface area (Å²) in [6.07, 6.45) is 12.1. The van der Waals surface area contributed by atoms with Gasteiger partial charge in [-0.15, -0.1) is 0 Å². The SMILES string of the molecule is CN(c1nccc(Nc2cc(C3CCCC3)[nH]n2)n1)C1CCC(NC(=O)NC2Cc3ccc(C#N)cc3C2)CC1. The van der Waals surface area contributed by atoms with E-state index in [2.05, 4.69) is 48.2 Å². The highest BCUT2D eigenvalue weighted by Gasteiger charge is 2.28. The van der Waals surface area contributed by atoms with E-state index in [-0.39, 0.29) is 18.1 Å². The highest BCUT2D eigenvalue weighted by atomic mass is 16.2. The molecule has 0 radical (unpaired) electrons. The number of nitriles is 1. The van der Waals surface area contributed by atoms with Crippen molar-refractivity contribution >= 4 is 23.6 Å². The van der Waals surface area contributed by atoms with Crippen molar-refractivity contribution in [1.82, 2.24) is 30.8 Å². The van der Waals surface area contributed by atoms with Crippen molar-refractivity contribution in [2.45, 2.75) is 88.3 Å². The third kappa shape index (κ3) is 5.88. The molecule has 2 fully saturated rings. The molecule has 40 heavy (non-hydrogen) atoms. The van der Waals surface area contributed by atoms with Gasteiger partial charge in [-0.05, 0) is 80.7 Å². The Kier molecular flexibility index (Phi) is 7.53. The van der Waals surface area contributed by atoms with E-state index in [9.17, 15) is 4.79 Å². The molecule has 0 saturated heterocycles. The lowest BCUT2D eigenvalue weighted by molar-refractivity contribution is 0.227. The lowest BCUT2D eigenvalue weighted by Gasteiger charge is -2.35. The highest BCUT2D eigenvalue weighted by molar-refractivity contribution is 5.75. The molecule has 2 amide bonds. The van der Waals surface area contributed by atoms with Crippen molar-refractivity contribution < 1.29 is 4.79 Å². The molecular weight excluding hydrogens is 502 g/mol. The first kappa shape index (κ1) is 26.1. The van der Waals surface area contributed by atoms with Crippen LogP contribution in [-0.2, 0) is 12.8 Å². The van der Waals surface area contributed by atoms with Gasteiger partial charge in [-0.25, -0.2) is 9.78 Å². The van der Waals surface area contributed by atoms with Crippen LogP contribution in [0, 0.1) is 11.3 Å². The van der Waals surface area contributed by atoms with Gasteiger partial charge < -0.3 is 20.9 Å². The largest absolute Gasteiger partial charge is 0.341 e. The van der Waals surface area contributed by atoms with E-state index >= 15 is 0 Å². The van der Waals surface area contributed by atoms with Crippen LogP contribution in [0.5, 0.6) is 0 Å². The monoisotopic (exact) mass is 539 g/mol. The fraction of sp³-hybridized carbons (Fsp3) is 0.500. The Balaban J connectivity index is 0.969. The van der Waals surface area contributed by atoms with Crippen molar-refractivity contribution in [2.75, 3.05) is 17.3 Å². The number of aromatic nitrogens is 4. The Labute approximate surface area is 235 Å². The summed E-state index contributed by atoms with van der Waals surface area (Å²) in [5.74, 6) is 2.79. The van der Waals surface area contributed by atoms with Crippen LogP contribution in [0.1, 0.15) is 79.7 Å². The molecule has 4 N–H and O–H groups in total. The highest BCUT2D eigenvalue weighted by Crippen LogP contribution is 2.34. The zero-order valence-electron chi connectivity index (χ0n) is 23.0. The van der Waals surface area contributed by atoms with Crippen LogP contribution >= 0.6 is 0 Å². The maximum atomic E-state index is 12.7. The number of hydrogen-bond donors (Lipinski definition) is 4. The summed E-state index contributed by atoms with van der Waals surface area (Å²) in [6, 6.07) is 12.4. The fourth-order valence-corrected chi connectivity index (χ4v) is 6.54. The predicted molar refractivity (Wildman–Crippen MR) is 154 cm³/mol. The molecule has 3 aliphatic carbocycles. The second-order valence-electron chi connectivity index (χ2n) is 11.5. The van der Waals surface area contributed by atoms with Crippen LogP contribution in [0.2, 0.25) is 0 Å². The molecule has 208 valence electrons. The first-order valence-corrected chi connectivity index (χ1v) is 14.5. The van der Waals surface area contributed by atoms with E-state index in [1.54, 1.807) is 6.20 Å². The molecule has 0 aliphatic heterocycles. The summed E-state index contributed by atoms with van der Waals surface area (Å²) in [4.78, 5) is 24.2. The summed E-state index contributed by atoms with van der Waals surface area (Å²) in [5, 5.41) is 26.4. The Morgan fingerprint density at radius 2 is 1.75 bits per heavy atom. The third-order valence-electron chi connectivity index (χ3n) is 8.79. The van der Waals surface area contributed by atoms with E-state index in [0.717, 1.165) is 55.7 Å². The minimum atomic E-state index is -0.105. The molecular formula is C30H37N9O. The molecule has 2 aromatic heterocycles. The van der Waals surface area contributed by atoms with Crippen molar-refractivity contribution in [3.05, 3.63) is 58.9 Å². The van der Waals surface area contributed by atoms with Gasteiger partial charge in [0.05, 0.1) is 11.6 Å². The van der Waals surface area contributed by atoms with E-state index in [0.29, 0.717) is 23.5 Å². The minimum absolute atomic E-state index is 0.0696.